The van der Waals surface area contributed by atoms with Crippen LogP contribution in [0.2, 0.25) is 0 Å². The lowest BCUT2D eigenvalue weighted by atomic mass is 9.70. The van der Waals surface area contributed by atoms with E-state index in [2.05, 4.69) is 20.4 Å². The van der Waals surface area contributed by atoms with Gasteiger partial charge in [-0.15, -0.1) is 0 Å². The summed E-state index contributed by atoms with van der Waals surface area (Å²) in [6, 6.07) is 0. The Balaban J connectivity index is 2.04. The lowest BCUT2D eigenvalue weighted by Gasteiger charge is -2.54. The molecule has 0 radical (unpaired) electrons. The Bertz CT molecular complexity index is 184. The van der Waals surface area contributed by atoms with Crippen molar-refractivity contribution < 1.29 is 4.74 Å². The van der Waals surface area contributed by atoms with E-state index in [1.807, 2.05) is 0 Å². The van der Waals surface area contributed by atoms with Crippen LogP contribution in [0.3, 0.4) is 0 Å². The molecule has 2 saturated heterocycles. The van der Waals surface area contributed by atoms with Crippen LogP contribution in [0.4, 0.5) is 0 Å². The van der Waals surface area contributed by atoms with E-state index in [1.54, 1.807) is 0 Å². The largest absolute Gasteiger partial charge is 0.371 e. The van der Waals surface area contributed by atoms with Crippen molar-refractivity contribution in [3.63, 3.8) is 0 Å². The zero-order chi connectivity index (χ0) is 8.06. The smallest absolute Gasteiger partial charge is 0.0683 e. The Hall–Kier alpha value is -0.300. The molecule has 3 aliphatic rings. The average Bonchev–Trinajstić information content (AvgIpc) is 1.85. The highest BCUT2D eigenvalue weighted by Gasteiger charge is 2.49. The summed E-state index contributed by atoms with van der Waals surface area (Å²) in [5, 5.41) is 0. The zero-order valence-electron chi connectivity index (χ0n) is 7.39. The van der Waals surface area contributed by atoms with Crippen LogP contribution in [-0.4, -0.2) is 11.7 Å². The molecule has 1 aliphatic carbocycles. The van der Waals surface area contributed by atoms with Crippen LogP contribution in [0.25, 0.3) is 0 Å². The van der Waals surface area contributed by atoms with Crippen LogP contribution in [0.1, 0.15) is 33.1 Å². The minimum Gasteiger partial charge on any atom is -0.371 e. The summed E-state index contributed by atoms with van der Waals surface area (Å²) in [6.45, 7) is 8.34. The van der Waals surface area contributed by atoms with Crippen LogP contribution in [0.5, 0.6) is 0 Å². The van der Waals surface area contributed by atoms with Crippen molar-refractivity contribution in [2.45, 2.75) is 44.8 Å². The lowest BCUT2D eigenvalue weighted by Crippen LogP contribution is -2.56. The summed E-state index contributed by atoms with van der Waals surface area (Å²) in [5.74, 6) is 0.650. The van der Waals surface area contributed by atoms with Gasteiger partial charge in [0.25, 0.3) is 0 Å². The molecule has 1 saturated carbocycles. The van der Waals surface area contributed by atoms with Crippen LogP contribution in [0.15, 0.2) is 12.2 Å². The fraction of sp³-hybridized carbons (Fsp3) is 0.800. The molecule has 1 nitrogen and oxygen atoms in total. The Morgan fingerprint density at radius 1 is 1.64 bits per heavy atom. The van der Waals surface area contributed by atoms with Crippen LogP contribution < -0.4 is 0 Å². The maximum absolute atomic E-state index is 5.78. The third-order valence-corrected chi connectivity index (χ3v) is 3.13. The summed E-state index contributed by atoms with van der Waals surface area (Å²) >= 11 is 0. The predicted octanol–water partition coefficient (Wildman–Crippen LogP) is 2.52. The SMILES string of the molecule is C=C(C)[C@@H]1CC[C@@]2(C)C[C@H]1O2. The first-order chi connectivity index (χ1) is 5.11. The van der Waals surface area contributed by atoms with Gasteiger partial charge in [-0.05, 0) is 26.7 Å². The van der Waals surface area contributed by atoms with Gasteiger partial charge >= 0.3 is 0 Å². The second-order valence-corrected chi connectivity index (χ2v) is 4.30. The minimum absolute atomic E-state index is 0.247. The molecule has 0 unspecified atom stereocenters. The van der Waals surface area contributed by atoms with E-state index in [-0.39, 0.29) is 5.60 Å². The van der Waals surface area contributed by atoms with E-state index in [9.17, 15) is 0 Å². The second-order valence-electron chi connectivity index (χ2n) is 4.30. The fourth-order valence-electron chi connectivity index (χ4n) is 2.38. The summed E-state index contributed by atoms with van der Waals surface area (Å²) < 4.78 is 5.78. The van der Waals surface area contributed by atoms with Crippen molar-refractivity contribution in [2.24, 2.45) is 5.92 Å². The molecule has 0 N–H and O–H groups in total. The highest BCUT2D eigenvalue weighted by atomic mass is 16.5. The van der Waals surface area contributed by atoms with Crippen LogP contribution in [-0.2, 0) is 4.74 Å². The molecule has 2 bridgehead atoms. The Kier molecular flexibility index (Phi) is 1.40. The van der Waals surface area contributed by atoms with E-state index in [4.69, 9.17) is 4.74 Å². The van der Waals surface area contributed by atoms with Gasteiger partial charge in [0.15, 0.2) is 0 Å². The van der Waals surface area contributed by atoms with Crippen molar-refractivity contribution in [3.05, 3.63) is 12.2 Å². The minimum atomic E-state index is 0.247. The number of ether oxygens (including phenoxy) is 1. The average molecular weight is 152 g/mol. The van der Waals surface area contributed by atoms with Crippen molar-refractivity contribution in [2.75, 3.05) is 0 Å². The number of rotatable bonds is 1. The van der Waals surface area contributed by atoms with Gasteiger partial charge in [0, 0.05) is 12.3 Å². The molecule has 11 heavy (non-hydrogen) atoms. The summed E-state index contributed by atoms with van der Waals surface area (Å²) in [5.41, 5.74) is 1.55. The molecule has 3 rings (SSSR count). The second kappa shape index (κ2) is 2.10. The summed E-state index contributed by atoms with van der Waals surface area (Å²) in [6.07, 6.45) is 4.27. The molecule has 2 heterocycles. The summed E-state index contributed by atoms with van der Waals surface area (Å²) in [4.78, 5) is 0. The van der Waals surface area contributed by atoms with Gasteiger partial charge in [-0.1, -0.05) is 12.2 Å². The zero-order valence-corrected chi connectivity index (χ0v) is 7.39. The first-order valence-corrected chi connectivity index (χ1v) is 4.44. The van der Waals surface area contributed by atoms with Gasteiger partial charge in [0.2, 0.25) is 0 Å². The van der Waals surface area contributed by atoms with Crippen molar-refractivity contribution >= 4 is 0 Å². The molecule has 0 spiro atoms. The van der Waals surface area contributed by atoms with Gasteiger partial charge in [0.1, 0.15) is 0 Å². The normalized spacial score (nSPS) is 48.2. The molecule has 0 aromatic heterocycles. The van der Waals surface area contributed by atoms with E-state index in [0.717, 1.165) is 0 Å². The van der Waals surface area contributed by atoms with Crippen molar-refractivity contribution in [1.82, 2.24) is 0 Å². The standard InChI is InChI=1S/C10H16O/c1-7(2)8-4-5-10(3)6-9(8)11-10/h8-9H,1,4-6H2,2-3H3/t8-,9+,10-/m0/s1. The van der Waals surface area contributed by atoms with Gasteiger partial charge in [-0.2, -0.15) is 0 Å². The molecule has 1 heteroatoms. The fourth-order valence-corrected chi connectivity index (χ4v) is 2.38. The lowest BCUT2D eigenvalue weighted by molar-refractivity contribution is -0.242. The predicted molar refractivity (Wildman–Crippen MR) is 45.4 cm³/mol. The van der Waals surface area contributed by atoms with Crippen molar-refractivity contribution in [3.8, 4) is 0 Å². The third-order valence-electron chi connectivity index (χ3n) is 3.13. The monoisotopic (exact) mass is 152 g/mol. The number of fused-ring (bicyclic) bond motifs is 2. The highest BCUT2D eigenvalue weighted by molar-refractivity contribution is 5.09. The quantitative estimate of drug-likeness (QED) is 0.525. The Labute approximate surface area is 68.4 Å². The first kappa shape index (κ1) is 7.35. The van der Waals surface area contributed by atoms with Gasteiger partial charge in [-0.25, -0.2) is 0 Å². The van der Waals surface area contributed by atoms with Crippen molar-refractivity contribution in [1.29, 1.82) is 0 Å². The molecule has 0 aromatic rings. The van der Waals surface area contributed by atoms with E-state index >= 15 is 0 Å². The number of hydrogen-bond donors (Lipinski definition) is 0. The maximum Gasteiger partial charge on any atom is 0.0683 e. The van der Waals surface area contributed by atoms with Crippen LogP contribution in [0, 0.1) is 5.92 Å². The van der Waals surface area contributed by atoms with Gasteiger partial charge in [0.05, 0.1) is 11.7 Å². The molecule has 3 atom stereocenters. The third kappa shape index (κ3) is 1.02. The van der Waals surface area contributed by atoms with E-state index < -0.39 is 0 Å². The van der Waals surface area contributed by atoms with E-state index in [1.165, 1.54) is 24.8 Å². The summed E-state index contributed by atoms with van der Waals surface area (Å²) in [7, 11) is 0. The highest BCUT2D eigenvalue weighted by Crippen LogP contribution is 2.48. The molecule has 0 amide bonds. The number of hydrogen-bond acceptors (Lipinski definition) is 1. The molecular formula is C10H16O. The Morgan fingerprint density at radius 2 is 2.27 bits per heavy atom. The van der Waals surface area contributed by atoms with E-state index in [0.29, 0.717) is 12.0 Å². The molecule has 3 fully saturated rings. The van der Waals surface area contributed by atoms with Gasteiger partial charge < -0.3 is 4.74 Å². The first-order valence-electron chi connectivity index (χ1n) is 4.44. The molecular weight excluding hydrogens is 136 g/mol. The Morgan fingerprint density at radius 3 is 2.64 bits per heavy atom. The maximum atomic E-state index is 5.78. The molecule has 0 aromatic carbocycles. The van der Waals surface area contributed by atoms with Gasteiger partial charge in [-0.3, -0.25) is 0 Å². The van der Waals surface area contributed by atoms with Crippen LogP contribution >= 0.6 is 0 Å². The topological polar surface area (TPSA) is 9.23 Å². The molecule has 62 valence electrons. The molecule has 2 aliphatic heterocycles.